The Balaban J connectivity index is 2.44. The maximum absolute atomic E-state index is 12.6. The first-order valence-electron chi connectivity index (χ1n) is 7.42. The molecular weight excluding hydrogens is 260 g/mol. The van der Waals surface area contributed by atoms with E-state index in [1.165, 1.54) is 5.56 Å². The number of aryl methyl sites for hydroxylation is 2. The van der Waals surface area contributed by atoms with Crippen LogP contribution in [0.3, 0.4) is 0 Å². The number of benzene rings is 1. The van der Waals surface area contributed by atoms with Gasteiger partial charge in [0.1, 0.15) is 0 Å². The summed E-state index contributed by atoms with van der Waals surface area (Å²) in [5.74, 6) is 0.426. The number of hydrogen-bond acceptors (Lipinski definition) is 2. The van der Waals surface area contributed by atoms with Crippen molar-refractivity contribution in [1.29, 1.82) is 0 Å². The number of nitrogens with zero attached hydrogens (tertiary/aromatic N) is 1. The van der Waals surface area contributed by atoms with E-state index in [4.69, 9.17) is 5.73 Å². The van der Waals surface area contributed by atoms with Crippen LogP contribution in [-0.2, 0) is 6.54 Å². The van der Waals surface area contributed by atoms with Gasteiger partial charge in [-0.1, -0.05) is 43.7 Å². The van der Waals surface area contributed by atoms with Gasteiger partial charge in [-0.15, -0.1) is 0 Å². The van der Waals surface area contributed by atoms with Crippen LogP contribution in [0.2, 0.25) is 0 Å². The molecule has 0 radical (unpaired) electrons. The monoisotopic (exact) mass is 284 g/mol. The van der Waals surface area contributed by atoms with E-state index in [2.05, 4.69) is 26.8 Å². The van der Waals surface area contributed by atoms with E-state index in [0.29, 0.717) is 18.0 Å². The number of rotatable bonds is 4. The Kier molecular flexibility index (Phi) is 4.63. The maximum Gasteiger partial charge on any atom is 0.255 e. The van der Waals surface area contributed by atoms with Crippen molar-refractivity contribution in [3.8, 4) is 0 Å². The summed E-state index contributed by atoms with van der Waals surface area (Å²) >= 11 is 0. The zero-order valence-electron chi connectivity index (χ0n) is 13.3. The normalized spacial score (nSPS) is 12.7. The highest BCUT2D eigenvalue weighted by molar-refractivity contribution is 5.37. The Morgan fingerprint density at radius 3 is 2.48 bits per heavy atom. The highest BCUT2D eigenvalue weighted by Gasteiger charge is 2.16. The summed E-state index contributed by atoms with van der Waals surface area (Å²) in [7, 11) is 0. The summed E-state index contributed by atoms with van der Waals surface area (Å²) in [5.41, 5.74) is 10.4. The molecule has 2 aromatic rings. The lowest BCUT2D eigenvalue weighted by molar-refractivity contribution is 0.507. The molecule has 0 saturated carbocycles. The van der Waals surface area contributed by atoms with Crippen molar-refractivity contribution in [2.24, 2.45) is 11.7 Å². The lowest BCUT2D eigenvalue weighted by atomic mass is 9.95. The molecule has 0 bridgehead atoms. The predicted molar refractivity (Wildman–Crippen MR) is 87.5 cm³/mol. The van der Waals surface area contributed by atoms with Gasteiger partial charge in [0, 0.05) is 18.3 Å². The molecule has 0 aliphatic heterocycles. The van der Waals surface area contributed by atoms with Gasteiger partial charge in [-0.05, 0) is 37.0 Å². The first kappa shape index (κ1) is 15.5. The molecule has 2 N–H and O–H groups in total. The molecule has 1 unspecified atom stereocenters. The number of nitrogens with two attached hydrogens (primary N) is 1. The summed E-state index contributed by atoms with van der Waals surface area (Å²) < 4.78 is 1.75. The molecule has 21 heavy (non-hydrogen) atoms. The van der Waals surface area contributed by atoms with Crippen molar-refractivity contribution in [3.63, 3.8) is 0 Å². The van der Waals surface area contributed by atoms with Crippen molar-refractivity contribution in [2.45, 2.75) is 40.3 Å². The van der Waals surface area contributed by atoms with Gasteiger partial charge >= 0.3 is 0 Å². The summed E-state index contributed by atoms with van der Waals surface area (Å²) in [6, 6.07) is 9.53. The molecule has 1 aromatic carbocycles. The van der Waals surface area contributed by atoms with E-state index in [0.717, 1.165) is 11.1 Å². The van der Waals surface area contributed by atoms with Crippen LogP contribution >= 0.6 is 0 Å². The van der Waals surface area contributed by atoms with E-state index < -0.39 is 0 Å². The zero-order chi connectivity index (χ0) is 15.6. The van der Waals surface area contributed by atoms with Crippen LogP contribution in [-0.4, -0.2) is 4.57 Å². The molecule has 3 nitrogen and oxygen atoms in total. The Bertz CT molecular complexity index is 686. The Labute approximate surface area is 126 Å². The standard InChI is InChI=1S/C18H24N2O/c1-12(2)11-20-9-5-6-16(18(20)21)17(19)15-8-7-13(3)10-14(15)4/h5-10,12,17H,11,19H2,1-4H3. The van der Waals surface area contributed by atoms with Crippen molar-refractivity contribution >= 4 is 0 Å². The minimum Gasteiger partial charge on any atom is -0.320 e. The topological polar surface area (TPSA) is 48.0 Å². The van der Waals surface area contributed by atoms with Gasteiger partial charge in [0.05, 0.1) is 6.04 Å². The average molecular weight is 284 g/mol. The second-order valence-electron chi connectivity index (χ2n) is 6.15. The summed E-state index contributed by atoms with van der Waals surface area (Å²) in [6.45, 7) is 9.01. The molecule has 2 rings (SSSR count). The quantitative estimate of drug-likeness (QED) is 0.937. The summed E-state index contributed by atoms with van der Waals surface area (Å²) in [6.07, 6.45) is 1.83. The molecule has 0 amide bonds. The van der Waals surface area contributed by atoms with E-state index in [-0.39, 0.29) is 11.6 Å². The molecule has 112 valence electrons. The van der Waals surface area contributed by atoms with E-state index in [1.54, 1.807) is 4.57 Å². The third kappa shape index (κ3) is 3.42. The van der Waals surface area contributed by atoms with Crippen molar-refractivity contribution < 1.29 is 0 Å². The van der Waals surface area contributed by atoms with Crippen LogP contribution in [0.1, 0.15) is 42.1 Å². The molecule has 0 saturated heterocycles. The van der Waals surface area contributed by atoms with Gasteiger partial charge in [0.2, 0.25) is 0 Å². The Morgan fingerprint density at radius 2 is 1.86 bits per heavy atom. The molecular formula is C18H24N2O. The molecule has 0 fully saturated rings. The highest BCUT2D eigenvalue weighted by Crippen LogP contribution is 2.21. The molecule has 0 spiro atoms. The minimum atomic E-state index is -0.377. The van der Waals surface area contributed by atoms with Crippen LogP contribution in [0.5, 0.6) is 0 Å². The SMILES string of the molecule is Cc1ccc(C(N)c2cccn(CC(C)C)c2=O)c(C)c1. The van der Waals surface area contributed by atoms with Crippen LogP contribution in [0.25, 0.3) is 0 Å². The molecule has 3 heteroatoms. The lowest BCUT2D eigenvalue weighted by Crippen LogP contribution is -2.29. The first-order chi connectivity index (χ1) is 9.90. The predicted octanol–water partition coefficient (Wildman–Crippen LogP) is 3.17. The second-order valence-corrected chi connectivity index (χ2v) is 6.15. The van der Waals surface area contributed by atoms with Gasteiger partial charge in [0.25, 0.3) is 5.56 Å². The van der Waals surface area contributed by atoms with E-state index in [9.17, 15) is 4.79 Å². The van der Waals surface area contributed by atoms with E-state index in [1.807, 2.05) is 37.4 Å². The van der Waals surface area contributed by atoms with Crippen LogP contribution in [0.15, 0.2) is 41.3 Å². The Hall–Kier alpha value is -1.87. The van der Waals surface area contributed by atoms with E-state index >= 15 is 0 Å². The summed E-state index contributed by atoms with van der Waals surface area (Å²) in [5, 5.41) is 0. The molecule has 1 heterocycles. The van der Waals surface area contributed by atoms with Gasteiger partial charge < -0.3 is 10.3 Å². The van der Waals surface area contributed by atoms with Crippen molar-refractivity contribution in [2.75, 3.05) is 0 Å². The largest absolute Gasteiger partial charge is 0.320 e. The number of pyridine rings is 1. The van der Waals surface area contributed by atoms with Crippen LogP contribution in [0.4, 0.5) is 0 Å². The second kappa shape index (κ2) is 6.27. The van der Waals surface area contributed by atoms with Crippen molar-refractivity contribution in [3.05, 3.63) is 69.1 Å². The molecule has 1 aromatic heterocycles. The van der Waals surface area contributed by atoms with Crippen LogP contribution < -0.4 is 11.3 Å². The van der Waals surface area contributed by atoms with Gasteiger partial charge in [-0.2, -0.15) is 0 Å². The average Bonchev–Trinajstić information content (AvgIpc) is 2.40. The van der Waals surface area contributed by atoms with Crippen LogP contribution in [0, 0.1) is 19.8 Å². The fraction of sp³-hybridized carbons (Fsp3) is 0.389. The number of aromatic nitrogens is 1. The highest BCUT2D eigenvalue weighted by atomic mass is 16.1. The molecule has 0 aliphatic carbocycles. The molecule has 1 atom stereocenters. The van der Waals surface area contributed by atoms with Gasteiger partial charge in [0.15, 0.2) is 0 Å². The first-order valence-corrected chi connectivity index (χ1v) is 7.42. The minimum absolute atomic E-state index is 0.0127. The van der Waals surface area contributed by atoms with Gasteiger partial charge in [-0.25, -0.2) is 0 Å². The Morgan fingerprint density at radius 1 is 1.14 bits per heavy atom. The fourth-order valence-electron chi connectivity index (χ4n) is 2.67. The number of hydrogen-bond donors (Lipinski definition) is 1. The third-order valence-corrected chi connectivity index (χ3v) is 3.71. The van der Waals surface area contributed by atoms with Crippen molar-refractivity contribution in [1.82, 2.24) is 4.57 Å². The zero-order valence-corrected chi connectivity index (χ0v) is 13.3. The lowest BCUT2D eigenvalue weighted by Gasteiger charge is -2.17. The maximum atomic E-state index is 12.6. The molecule has 0 aliphatic rings. The fourth-order valence-corrected chi connectivity index (χ4v) is 2.67. The van der Waals surface area contributed by atoms with Gasteiger partial charge in [-0.3, -0.25) is 4.79 Å². The third-order valence-electron chi connectivity index (χ3n) is 3.71. The summed E-state index contributed by atoms with van der Waals surface area (Å²) in [4.78, 5) is 12.6. The smallest absolute Gasteiger partial charge is 0.255 e.